The lowest BCUT2D eigenvalue weighted by Gasteiger charge is -2.21. The number of anilines is 2. The minimum Gasteiger partial charge on any atom is -0.493 e. The average molecular weight is 454 g/mol. The number of hydrogen-bond acceptors (Lipinski definition) is 7. The molecule has 3 heterocycles. The smallest absolute Gasteiger partial charge is 0.261 e. The molecule has 8 heteroatoms. The maximum absolute atomic E-state index is 12.6. The number of pyridine rings is 1. The summed E-state index contributed by atoms with van der Waals surface area (Å²) in [4.78, 5) is 19.8. The molecule has 0 spiro atoms. The van der Waals surface area contributed by atoms with Crippen LogP contribution >= 0.6 is 11.3 Å². The molecule has 4 rings (SSSR count). The van der Waals surface area contributed by atoms with Crippen LogP contribution in [0.15, 0.2) is 48.7 Å². The summed E-state index contributed by atoms with van der Waals surface area (Å²) in [6.45, 7) is 5.78. The van der Waals surface area contributed by atoms with Crippen molar-refractivity contribution in [2.45, 2.75) is 32.9 Å². The number of amides is 1. The Balaban J connectivity index is 1.54. The fraction of sp³-hybridized carbons (Fsp3) is 0.333. The minimum atomic E-state index is -0.0784. The first kappa shape index (κ1) is 22.1. The highest BCUT2D eigenvalue weighted by atomic mass is 32.1. The van der Waals surface area contributed by atoms with Gasteiger partial charge in [0.05, 0.1) is 29.6 Å². The van der Waals surface area contributed by atoms with Crippen molar-refractivity contribution in [3.05, 3.63) is 59.1 Å². The van der Waals surface area contributed by atoms with Crippen molar-refractivity contribution in [3.8, 4) is 17.4 Å². The summed E-state index contributed by atoms with van der Waals surface area (Å²) in [5.41, 5.74) is 1.82. The van der Waals surface area contributed by atoms with Gasteiger partial charge in [-0.25, -0.2) is 4.98 Å². The highest BCUT2D eigenvalue weighted by Gasteiger charge is 2.26. The van der Waals surface area contributed by atoms with Crippen LogP contribution in [-0.4, -0.2) is 37.3 Å². The minimum absolute atomic E-state index is 0.0784. The van der Waals surface area contributed by atoms with Gasteiger partial charge in [-0.2, -0.15) is 0 Å². The number of carbonyl (C=O) groups excluding carboxylic acids is 1. The Morgan fingerprint density at radius 3 is 2.94 bits per heavy atom. The van der Waals surface area contributed by atoms with E-state index in [9.17, 15) is 4.79 Å². The lowest BCUT2D eigenvalue weighted by atomic mass is 10.1. The standard InChI is InChI=1S/C24H27N3O4S/c1-16(2)30-14-6-13-25-23(28)20-10-11-21(32-20)27-15-17-7-4-9-19(29-3)22(17)31-24-18(27)8-5-12-26-24/h4-5,7-12,16H,6,13-15H2,1-3H3,(H,25,28). The van der Waals surface area contributed by atoms with E-state index in [1.54, 1.807) is 13.3 Å². The largest absolute Gasteiger partial charge is 0.493 e. The second-order valence-electron chi connectivity index (χ2n) is 7.63. The van der Waals surface area contributed by atoms with E-state index < -0.39 is 0 Å². The molecular formula is C24H27N3O4S. The number of methoxy groups -OCH3 is 1. The summed E-state index contributed by atoms with van der Waals surface area (Å²) >= 11 is 1.44. The number of nitrogens with one attached hydrogen (secondary N) is 1. The maximum Gasteiger partial charge on any atom is 0.261 e. The van der Waals surface area contributed by atoms with Crippen LogP contribution in [0.3, 0.4) is 0 Å². The summed E-state index contributed by atoms with van der Waals surface area (Å²) in [6.07, 6.45) is 2.68. The number of thiophene rings is 1. The summed E-state index contributed by atoms with van der Waals surface area (Å²) in [5.74, 6) is 1.75. The molecule has 0 bridgehead atoms. The Kier molecular flexibility index (Phi) is 6.92. The van der Waals surface area contributed by atoms with Gasteiger partial charge in [-0.1, -0.05) is 12.1 Å². The highest BCUT2D eigenvalue weighted by molar-refractivity contribution is 7.18. The van der Waals surface area contributed by atoms with E-state index in [4.69, 9.17) is 14.2 Å². The summed E-state index contributed by atoms with van der Waals surface area (Å²) in [6, 6.07) is 13.5. The van der Waals surface area contributed by atoms with Crippen molar-refractivity contribution in [2.75, 3.05) is 25.2 Å². The van der Waals surface area contributed by atoms with E-state index in [0.717, 1.165) is 22.7 Å². The van der Waals surface area contributed by atoms with Crippen molar-refractivity contribution in [2.24, 2.45) is 0 Å². The number of ether oxygens (including phenoxy) is 3. The number of carbonyl (C=O) groups is 1. The molecule has 1 amide bonds. The fourth-order valence-corrected chi connectivity index (χ4v) is 4.39. The number of hydrogen-bond donors (Lipinski definition) is 1. The van der Waals surface area contributed by atoms with Crippen LogP contribution < -0.4 is 19.7 Å². The van der Waals surface area contributed by atoms with Crippen molar-refractivity contribution in [1.29, 1.82) is 0 Å². The molecule has 0 aliphatic carbocycles. The maximum atomic E-state index is 12.6. The van der Waals surface area contributed by atoms with Gasteiger partial charge >= 0.3 is 0 Å². The van der Waals surface area contributed by atoms with E-state index in [1.807, 2.05) is 56.3 Å². The van der Waals surface area contributed by atoms with E-state index in [0.29, 0.717) is 42.0 Å². The summed E-state index contributed by atoms with van der Waals surface area (Å²) < 4.78 is 17.2. The molecule has 1 aliphatic heterocycles. The highest BCUT2D eigenvalue weighted by Crippen LogP contribution is 2.45. The Labute approximate surface area is 191 Å². The Morgan fingerprint density at radius 1 is 1.25 bits per heavy atom. The van der Waals surface area contributed by atoms with Gasteiger partial charge in [0.15, 0.2) is 11.5 Å². The predicted molar refractivity (Wildman–Crippen MR) is 126 cm³/mol. The average Bonchev–Trinajstić information content (AvgIpc) is 3.21. The predicted octanol–water partition coefficient (Wildman–Crippen LogP) is 5.14. The zero-order chi connectivity index (χ0) is 22.5. The normalized spacial score (nSPS) is 12.6. The van der Waals surface area contributed by atoms with Gasteiger partial charge in [0.25, 0.3) is 5.91 Å². The van der Waals surface area contributed by atoms with Crippen LogP contribution in [0, 0.1) is 0 Å². The number of benzene rings is 1. The van der Waals surface area contributed by atoms with E-state index in [2.05, 4.69) is 15.2 Å². The summed E-state index contributed by atoms with van der Waals surface area (Å²) in [7, 11) is 1.63. The monoisotopic (exact) mass is 453 g/mol. The van der Waals surface area contributed by atoms with E-state index in [1.165, 1.54) is 11.3 Å². The Bertz CT molecular complexity index is 1080. The number of para-hydroxylation sites is 1. The topological polar surface area (TPSA) is 72.9 Å². The van der Waals surface area contributed by atoms with Crippen molar-refractivity contribution >= 4 is 27.9 Å². The van der Waals surface area contributed by atoms with Crippen molar-refractivity contribution < 1.29 is 19.0 Å². The van der Waals surface area contributed by atoms with Crippen LogP contribution in [0.25, 0.3) is 0 Å². The zero-order valence-electron chi connectivity index (χ0n) is 18.5. The second kappa shape index (κ2) is 10.0. The first-order chi connectivity index (χ1) is 15.6. The Morgan fingerprint density at radius 2 is 2.12 bits per heavy atom. The molecular weight excluding hydrogens is 426 g/mol. The van der Waals surface area contributed by atoms with Crippen LogP contribution in [0.1, 0.15) is 35.5 Å². The van der Waals surface area contributed by atoms with Gasteiger partial charge in [-0.15, -0.1) is 11.3 Å². The first-order valence-electron chi connectivity index (χ1n) is 10.6. The third-order valence-electron chi connectivity index (χ3n) is 4.99. The number of fused-ring (bicyclic) bond motifs is 2. The van der Waals surface area contributed by atoms with Crippen molar-refractivity contribution in [1.82, 2.24) is 10.3 Å². The quantitative estimate of drug-likeness (QED) is 0.476. The molecule has 0 unspecified atom stereocenters. The third kappa shape index (κ3) is 4.87. The molecule has 0 radical (unpaired) electrons. The van der Waals surface area contributed by atoms with Crippen LogP contribution in [0.2, 0.25) is 0 Å². The van der Waals surface area contributed by atoms with Gasteiger partial charge in [0.2, 0.25) is 5.88 Å². The van der Waals surface area contributed by atoms with Gasteiger partial charge in [0, 0.05) is 24.9 Å². The van der Waals surface area contributed by atoms with Crippen LogP contribution in [-0.2, 0) is 11.3 Å². The number of nitrogens with zero attached hydrogens (tertiary/aromatic N) is 2. The molecule has 0 fully saturated rings. The molecule has 3 aromatic rings. The van der Waals surface area contributed by atoms with Gasteiger partial charge in [-0.3, -0.25) is 4.79 Å². The number of aromatic nitrogens is 1. The molecule has 0 saturated carbocycles. The molecule has 7 nitrogen and oxygen atoms in total. The van der Waals surface area contributed by atoms with Gasteiger partial charge in [-0.05, 0) is 50.6 Å². The zero-order valence-corrected chi connectivity index (χ0v) is 19.3. The molecule has 32 heavy (non-hydrogen) atoms. The molecule has 2 aromatic heterocycles. The van der Waals surface area contributed by atoms with Crippen LogP contribution in [0.4, 0.5) is 10.7 Å². The molecule has 1 aliphatic rings. The van der Waals surface area contributed by atoms with E-state index in [-0.39, 0.29) is 12.0 Å². The fourth-order valence-electron chi connectivity index (χ4n) is 3.45. The SMILES string of the molecule is COc1cccc2c1Oc1ncccc1N(c1ccc(C(=O)NCCCOC(C)C)s1)C2. The molecule has 0 saturated heterocycles. The Hall–Kier alpha value is -3.10. The lowest BCUT2D eigenvalue weighted by Crippen LogP contribution is -2.24. The summed E-state index contributed by atoms with van der Waals surface area (Å²) in [5, 5.41) is 3.91. The molecule has 1 aromatic carbocycles. The molecule has 0 atom stereocenters. The van der Waals surface area contributed by atoms with Crippen LogP contribution in [0.5, 0.6) is 17.4 Å². The van der Waals surface area contributed by atoms with Gasteiger partial charge in [0.1, 0.15) is 5.69 Å². The van der Waals surface area contributed by atoms with E-state index >= 15 is 0 Å². The third-order valence-corrected chi connectivity index (χ3v) is 6.10. The lowest BCUT2D eigenvalue weighted by molar-refractivity contribution is 0.0757. The molecule has 168 valence electrons. The molecule has 1 N–H and O–H groups in total. The number of rotatable bonds is 8. The first-order valence-corrected chi connectivity index (χ1v) is 11.4. The second-order valence-corrected chi connectivity index (χ2v) is 8.69. The van der Waals surface area contributed by atoms with Gasteiger partial charge < -0.3 is 24.4 Å². The van der Waals surface area contributed by atoms with Crippen molar-refractivity contribution in [3.63, 3.8) is 0 Å².